The second-order valence-electron chi connectivity index (χ2n) is 4.17. The lowest BCUT2D eigenvalue weighted by atomic mass is 10.1. The second-order valence-corrected chi connectivity index (χ2v) is 4.17. The van der Waals surface area contributed by atoms with Crippen molar-refractivity contribution < 1.29 is 4.74 Å². The second kappa shape index (κ2) is 3.39. The smallest absolute Gasteiger partial charge is 0.201 e. The summed E-state index contributed by atoms with van der Waals surface area (Å²) in [6.07, 6.45) is 0.940. The largest absolute Gasteiger partial charge is 0.489 e. The molecule has 0 unspecified atom stereocenters. The molecule has 1 aromatic carbocycles. The monoisotopic (exact) mass is 228 g/mol. The van der Waals surface area contributed by atoms with Crippen LogP contribution in [0.3, 0.4) is 0 Å². The van der Waals surface area contributed by atoms with Gasteiger partial charge in [0.05, 0.1) is 23.2 Å². The van der Waals surface area contributed by atoms with Crippen LogP contribution in [0.15, 0.2) is 12.1 Å². The van der Waals surface area contributed by atoms with Gasteiger partial charge in [0.1, 0.15) is 17.9 Å². The van der Waals surface area contributed by atoms with E-state index in [9.17, 15) is 0 Å². The zero-order chi connectivity index (χ0) is 12.0. The first-order chi connectivity index (χ1) is 8.24. The zero-order valence-corrected chi connectivity index (χ0v) is 9.47. The maximum atomic E-state index is 8.94. The maximum absolute atomic E-state index is 8.94. The van der Waals surface area contributed by atoms with Crippen LogP contribution in [0, 0.1) is 11.3 Å². The number of hydrogen-bond donors (Lipinski definition) is 1. The topological polar surface area (TPSA) is 76.9 Å². The van der Waals surface area contributed by atoms with Crippen LogP contribution in [-0.4, -0.2) is 16.2 Å². The molecule has 2 N–H and O–H groups in total. The van der Waals surface area contributed by atoms with Crippen molar-refractivity contribution in [2.45, 2.75) is 19.4 Å². The van der Waals surface area contributed by atoms with Gasteiger partial charge in [0.2, 0.25) is 5.95 Å². The Morgan fingerprint density at radius 3 is 3.18 bits per heavy atom. The van der Waals surface area contributed by atoms with Crippen LogP contribution in [0.2, 0.25) is 0 Å². The van der Waals surface area contributed by atoms with Crippen LogP contribution in [0.4, 0.5) is 5.95 Å². The number of hydrogen-bond acceptors (Lipinski definition) is 4. The summed E-state index contributed by atoms with van der Waals surface area (Å²) >= 11 is 0. The molecule has 0 bridgehead atoms. The Balaban J connectivity index is 2.37. The number of imidazole rings is 1. The van der Waals surface area contributed by atoms with Crippen molar-refractivity contribution in [2.24, 2.45) is 0 Å². The number of nitrogen functional groups attached to an aromatic ring is 1. The molecule has 5 nitrogen and oxygen atoms in total. The number of anilines is 1. The highest BCUT2D eigenvalue weighted by molar-refractivity contribution is 5.86. The Morgan fingerprint density at radius 1 is 1.65 bits per heavy atom. The van der Waals surface area contributed by atoms with E-state index in [1.54, 1.807) is 12.1 Å². The number of benzene rings is 1. The normalized spacial score (nSPS) is 17.8. The average Bonchev–Trinajstić information content (AvgIpc) is 2.68. The molecule has 1 atom stereocenters. The van der Waals surface area contributed by atoms with Gasteiger partial charge < -0.3 is 15.0 Å². The van der Waals surface area contributed by atoms with Crippen molar-refractivity contribution in [1.29, 1.82) is 5.26 Å². The van der Waals surface area contributed by atoms with Gasteiger partial charge in [-0.1, -0.05) is 6.92 Å². The molecule has 0 fully saturated rings. The predicted octanol–water partition coefficient (Wildman–Crippen LogP) is 1.83. The van der Waals surface area contributed by atoms with E-state index in [1.807, 2.05) is 4.57 Å². The molecular weight excluding hydrogens is 216 g/mol. The van der Waals surface area contributed by atoms with Gasteiger partial charge in [-0.05, 0) is 12.5 Å². The highest BCUT2D eigenvalue weighted by Gasteiger charge is 2.25. The van der Waals surface area contributed by atoms with Gasteiger partial charge in [0.25, 0.3) is 0 Å². The summed E-state index contributed by atoms with van der Waals surface area (Å²) in [7, 11) is 0. The molecule has 3 rings (SSSR count). The minimum absolute atomic E-state index is 0.223. The SMILES string of the molecule is CC[C@H]1COc2cc(C#N)cc3nc(N)n1c23. The molecule has 0 aliphatic carbocycles. The number of nitrogens with two attached hydrogens (primary N) is 1. The van der Waals surface area contributed by atoms with Crippen molar-refractivity contribution >= 4 is 17.0 Å². The highest BCUT2D eigenvalue weighted by atomic mass is 16.5. The average molecular weight is 228 g/mol. The van der Waals surface area contributed by atoms with E-state index in [0.717, 1.165) is 17.5 Å². The van der Waals surface area contributed by atoms with E-state index in [2.05, 4.69) is 18.0 Å². The van der Waals surface area contributed by atoms with E-state index in [4.69, 9.17) is 15.7 Å². The molecule has 17 heavy (non-hydrogen) atoms. The third kappa shape index (κ3) is 1.27. The van der Waals surface area contributed by atoms with E-state index in [-0.39, 0.29) is 6.04 Å². The molecule has 1 aromatic heterocycles. The highest BCUT2D eigenvalue weighted by Crippen LogP contribution is 2.36. The molecule has 1 aliphatic heterocycles. The van der Waals surface area contributed by atoms with Crippen LogP contribution >= 0.6 is 0 Å². The van der Waals surface area contributed by atoms with Crippen LogP contribution in [0.5, 0.6) is 5.75 Å². The quantitative estimate of drug-likeness (QED) is 0.807. The molecule has 0 spiro atoms. The third-order valence-electron chi connectivity index (χ3n) is 3.17. The molecule has 5 heteroatoms. The van der Waals surface area contributed by atoms with Gasteiger partial charge in [-0.3, -0.25) is 0 Å². The summed E-state index contributed by atoms with van der Waals surface area (Å²) in [4.78, 5) is 4.30. The third-order valence-corrected chi connectivity index (χ3v) is 3.17. The van der Waals surface area contributed by atoms with Crippen LogP contribution in [0.1, 0.15) is 24.9 Å². The fourth-order valence-corrected chi connectivity index (χ4v) is 2.32. The fourth-order valence-electron chi connectivity index (χ4n) is 2.32. The summed E-state index contributed by atoms with van der Waals surface area (Å²) in [6.45, 7) is 2.67. The first-order valence-electron chi connectivity index (χ1n) is 5.59. The number of nitriles is 1. The summed E-state index contributed by atoms with van der Waals surface area (Å²) < 4.78 is 7.70. The van der Waals surface area contributed by atoms with Crippen molar-refractivity contribution in [2.75, 3.05) is 12.3 Å². The molecule has 0 amide bonds. The molecule has 0 radical (unpaired) electrons. The standard InChI is InChI=1S/C12H12N4O/c1-2-8-6-17-10-4-7(5-13)3-9-11(10)16(8)12(14)15-9/h3-4,8H,2,6H2,1H3,(H2,14,15)/t8-/m0/s1. The summed E-state index contributed by atoms with van der Waals surface area (Å²) in [5.74, 6) is 1.19. The number of ether oxygens (including phenoxy) is 1. The number of rotatable bonds is 1. The van der Waals surface area contributed by atoms with Gasteiger partial charge in [-0.2, -0.15) is 5.26 Å². The predicted molar refractivity (Wildman–Crippen MR) is 63.7 cm³/mol. The maximum Gasteiger partial charge on any atom is 0.201 e. The molecule has 0 saturated heterocycles. The molecule has 0 saturated carbocycles. The van der Waals surface area contributed by atoms with Crippen LogP contribution < -0.4 is 10.5 Å². The van der Waals surface area contributed by atoms with Gasteiger partial charge in [0, 0.05) is 6.07 Å². The number of nitrogens with zero attached hydrogens (tertiary/aromatic N) is 3. The fraction of sp³-hybridized carbons (Fsp3) is 0.333. The lowest BCUT2D eigenvalue weighted by molar-refractivity contribution is 0.234. The van der Waals surface area contributed by atoms with Gasteiger partial charge >= 0.3 is 0 Å². The summed E-state index contributed by atoms with van der Waals surface area (Å²) in [6, 6.07) is 5.81. The minimum Gasteiger partial charge on any atom is -0.489 e. The summed E-state index contributed by atoms with van der Waals surface area (Å²) in [5, 5.41) is 8.94. The van der Waals surface area contributed by atoms with Gasteiger partial charge in [-0.15, -0.1) is 0 Å². The van der Waals surface area contributed by atoms with Gasteiger partial charge in [-0.25, -0.2) is 4.98 Å². The molecule has 2 aromatic rings. The van der Waals surface area contributed by atoms with Gasteiger partial charge in [0.15, 0.2) is 0 Å². The molecule has 86 valence electrons. The van der Waals surface area contributed by atoms with Crippen LogP contribution in [0.25, 0.3) is 11.0 Å². The van der Waals surface area contributed by atoms with E-state index >= 15 is 0 Å². The zero-order valence-electron chi connectivity index (χ0n) is 9.47. The van der Waals surface area contributed by atoms with E-state index < -0.39 is 0 Å². The molecular formula is C12H12N4O. The molecule has 1 aliphatic rings. The Hall–Kier alpha value is -2.22. The first kappa shape index (κ1) is 9.97. The Kier molecular flexibility index (Phi) is 1.99. The van der Waals surface area contributed by atoms with Crippen molar-refractivity contribution in [1.82, 2.24) is 9.55 Å². The Morgan fingerprint density at radius 2 is 2.47 bits per heavy atom. The van der Waals surface area contributed by atoms with Crippen molar-refractivity contribution in [3.05, 3.63) is 17.7 Å². The summed E-state index contributed by atoms with van der Waals surface area (Å²) in [5.41, 5.74) is 8.12. The first-order valence-corrected chi connectivity index (χ1v) is 5.59. The van der Waals surface area contributed by atoms with Crippen molar-refractivity contribution in [3.63, 3.8) is 0 Å². The lowest BCUT2D eigenvalue weighted by Crippen LogP contribution is -2.22. The lowest BCUT2D eigenvalue weighted by Gasteiger charge is -2.25. The minimum atomic E-state index is 0.223. The number of aromatic nitrogens is 2. The van der Waals surface area contributed by atoms with Crippen LogP contribution in [-0.2, 0) is 0 Å². The molecule has 2 heterocycles. The van der Waals surface area contributed by atoms with E-state index in [0.29, 0.717) is 23.9 Å². The Labute approximate surface area is 98.4 Å². The Bertz CT molecular complexity index is 638. The van der Waals surface area contributed by atoms with Crippen molar-refractivity contribution in [3.8, 4) is 11.8 Å². The van der Waals surface area contributed by atoms with E-state index in [1.165, 1.54) is 0 Å².